The SMILES string of the molecule is NCCCCOc1ccc(-c2ccnn2C2CCCCO2)nc1. The highest BCUT2D eigenvalue weighted by molar-refractivity contribution is 5.54. The Morgan fingerprint density at radius 1 is 1.26 bits per heavy atom. The molecule has 1 aliphatic heterocycles. The van der Waals surface area contributed by atoms with Crippen LogP contribution in [-0.2, 0) is 4.74 Å². The average molecular weight is 316 g/mol. The molecule has 0 amide bonds. The molecule has 0 bridgehead atoms. The lowest BCUT2D eigenvalue weighted by Gasteiger charge is -2.24. The number of hydrogen-bond donors (Lipinski definition) is 1. The third-order valence-electron chi connectivity index (χ3n) is 3.96. The van der Waals surface area contributed by atoms with E-state index in [4.69, 9.17) is 15.2 Å². The number of ether oxygens (including phenoxy) is 2. The number of aromatic nitrogens is 3. The summed E-state index contributed by atoms with van der Waals surface area (Å²) < 4.78 is 13.4. The second-order valence-electron chi connectivity index (χ2n) is 5.71. The molecule has 1 aliphatic rings. The summed E-state index contributed by atoms with van der Waals surface area (Å²) in [7, 11) is 0. The van der Waals surface area contributed by atoms with E-state index in [-0.39, 0.29) is 6.23 Å². The molecule has 1 atom stereocenters. The summed E-state index contributed by atoms with van der Waals surface area (Å²) in [5, 5.41) is 4.42. The highest BCUT2D eigenvalue weighted by Crippen LogP contribution is 2.27. The van der Waals surface area contributed by atoms with Crippen LogP contribution in [0.25, 0.3) is 11.4 Å². The molecule has 1 saturated heterocycles. The van der Waals surface area contributed by atoms with Crippen LogP contribution >= 0.6 is 0 Å². The number of pyridine rings is 1. The van der Waals surface area contributed by atoms with Gasteiger partial charge in [-0.15, -0.1) is 0 Å². The molecular formula is C17H24N4O2. The third kappa shape index (κ3) is 4.09. The molecule has 0 spiro atoms. The van der Waals surface area contributed by atoms with Crippen molar-refractivity contribution >= 4 is 0 Å². The number of rotatable bonds is 7. The largest absolute Gasteiger partial charge is 0.492 e. The average Bonchev–Trinajstić information content (AvgIpc) is 3.10. The minimum absolute atomic E-state index is 0.0164. The van der Waals surface area contributed by atoms with Crippen molar-refractivity contribution in [1.82, 2.24) is 14.8 Å². The van der Waals surface area contributed by atoms with Crippen LogP contribution in [-0.4, -0.2) is 34.5 Å². The van der Waals surface area contributed by atoms with Gasteiger partial charge in [-0.2, -0.15) is 5.10 Å². The molecule has 0 aliphatic carbocycles. The van der Waals surface area contributed by atoms with Gasteiger partial charge in [-0.05, 0) is 56.8 Å². The van der Waals surface area contributed by atoms with Crippen molar-refractivity contribution in [3.8, 4) is 17.1 Å². The van der Waals surface area contributed by atoms with Crippen molar-refractivity contribution in [3.05, 3.63) is 30.6 Å². The Hall–Kier alpha value is -1.92. The van der Waals surface area contributed by atoms with E-state index in [1.807, 2.05) is 22.9 Å². The molecule has 2 aromatic heterocycles. The summed E-state index contributed by atoms with van der Waals surface area (Å²) in [6, 6.07) is 5.89. The van der Waals surface area contributed by atoms with Crippen molar-refractivity contribution in [1.29, 1.82) is 0 Å². The second-order valence-corrected chi connectivity index (χ2v) is 5.71. The summed E-state index contributed by atoms with van der Waals surface area (Å²) >= 11 is 0. The molecule has 0 radical (unpaired) electrons. The molecule has 124 valence electrons. The monoisotopic (exact) mass is 316 g/mol. The fourth-order valence-corrected chi connectivity index (χ4v) is 2.72. The topological polar surface area (TPSA) is 75.2 Å². The summed E-state index contributed by atoms with van der Waals surface area (Å²) in [6.07, 6.45) is 8.81. The zero-order valence-corrected chi connectivity index (χ0v) is 13.4. The van der Waals surface area contributed by atoms with Crippen LogP contribution in [0.15, 0.2) is 30.6 Å². The van der Waals surface area contributed by atoms with Crippen molar-refractivity contribution < 1.29 is 9.47 Å². The van der Waals surface area contributed by atoms with Crippen LogP contribution in [0.1, 0.15) is 38.3 Å². The Kier molecular flexibility index (Phi) is 5.60. The van der Waals surface area contributed by atoms with Gasteiger partial charge in [0.25, 0.3) is 0 Å². The van der Waals surface area contributed by atoms with Gasteiger partial charge >= 0.3 is 0 Å². The summed E-state index contributed by atoms with van der Waals surface area (Å²) in [4.78, 5) is 4.51. The first-order chi connectivity index (χ1) is 11.4. The Labute approximate surface area is 136 Å². The molecule has 0 aromatic carbocycles. The quantitative estimate of drug-likeness (QED) is 0.795. The van der Waals surface area contributed by atoms with Gasteiger partial charge in [0.1, 0.15) is 5.75 Å². The Morgan fingerprint density at radius 3 is 2.96 bits per heavy atom. The third-order valence-corrected chi connectivity index (χ3v) is 3.96. The van der Waals surface area contributed by atoms with E-state index in [1.54, 1.807) is 12.4 Å². The molecule has 1 fully saturated rings. The number of nitrogens with two attached hydrogens (primary N) is 1. The molecule has 2 aromatic rings. The Morgan fingerprint density at radius 2 is 2.22 bits per heavy atom. The van der Waals surface area contributed by atoms with Crippen molar-refractivity contribution in [2.24, 2.45) is 5.73 Å². The maximum absolute atomic E-state index is 5.82. The zero-order valence-electron chi connectivity index (χ0n) is 13.4. The van der Waals surface area contributed by atoms with Gasteiger partial charge in [-0.1, -0.05) is 0 Å². The molecule has 2 N–H and O–H groups in total. The molecule has 6 nitrogen and oxygen atoms in total. The van der Waals surface area contributed by atoms with Gasteiger partial charge in [0, 0.05) is 12.8 Å². The molecule has 3 heterocycles. The molecular weight excluding hydrogens is 292 g/mol. The highest BCUT2D eigenvalue weighted by Gasteiger charge is 2.19. The molecule has 0 saturated carbocycles. The molecule has 3 rings (SSSR count). The van der Waals surface area contributed by atoms with E-state index in [2.05, 4.69) is 10.1 Å². The lowest BCUT2D eigenvalue weighted by molar-refractivity contribution is -0.0384. The van der Waals surface area contributed by atoms with Gasteiger partial charge in [-0.3, -0.25) is 4.98 Å². The van der Waals surface area contributed by atoms with E-state index in [9.17, 15) is 0 Å². The second kappa shape index (κ2) is 8.08. The maximum Gasteiger partial charge on any atom is 0.150 e. The van der Waals surface area contributed by atoms with Crippen molar-refractivity contribution in [3.63, 3.8) is 0 Å². The van der Waals surface area contributed by atoms with Crippen LogP contribution in [0.4, 0.5) is 0 Å². The maximum atomic E-state index is 5.82. The van der Waals surface area contributed by atoms with Crippen LogP contribution < -0.4 is 10.5 Å². The minimum Gasteiger partial charge on any atom is -0.492 e. The number of nitrogens with zero attached hydrogens (tertiary/aromatic N) is 3. The van der Waals surface area contributed by atoms with Gasteiger partial charge in [-0.25, -0.2) is 4.68 Å². The Balaban J connectivity index is 1.66. The first kappa shape index (κ1) is 16.0. The van der Waals surface area contributed by atoms with Gasteiger partial charge in [0.15, 0.2) is 6.23 Å². The van der Waals surface area contributed by atoms with Crippen molar-refractivity contribution in [2.75, 3.05) is 19.8 Å². The Bertz CT molecular complexity index is 591. The standard InChI is InChI=1S/C17H24N4O2/c18-9-2-4-11-22-14-6-7-15(19-13-14)16-8-10-20-21(16)17-5-1-3-12-23-17/h6-8,10,13,17H,1-5,9,11-12,18H2. The minimum atomic E-state index is 0.0164. The molecule has 1 unspecified atom stereocenters. The molecule has 23 heavy (non-hydrogen) atoms. The smallest absolute Gasteiger partial charge is 0.150 e. The van der Waals surface area contributed by atoms with E-state index in [0.29, 0.717) is 13.2 Å². The van der Waals surface area contributed by atoms with Gasteiger partial charge < -0.3 is 15.2 Å². The number of unbranched alkanes of at least 4 members (excludes halogenated alkanes) is 1. The van der Waals surface area contributed by atoms with E-state index in [0.717, 1.165) is 49.4 Å². The van der Waals surface area contributed by atoms with Crippen molar-refractivity contribution in [2.45, 2.75) is 38.3 Å². The van der Waals surface area contributed by atoms with Gasteiger partial charge in [0.05, 0.1) is 24.2 Å². The summed E-state index contributed by atoms with van der Waals surface area (Å²) in [5.41, 5.74) is 7.33. The lowest BCUT2D eigenvalue weighted by Crippen LogP contribution is -2.20. The predicted octanol–water partition coefficient (Wildman–Crippen LogP) is 2.76. The van der Waals surface area contributed by atoms with Crippen LogP contribution in [0.5, 0.6) is 5.75 Å². The van der Waals surface area contributed by atoms with Crippen LogP contribution in [0.2, 0.25) is 0 Å². The van der Waals surface area contributed by atoms with E-state index < -0.39 is 0 Å². The van der Waals surface area contributed by atoms with Crippen LogP contribution in [0, 0.1) is 0 Å². The lowest BCUT2D eigenvalue weighted by atomic mass is 10.2. The highest BCUT2D eigenvalue weighted by atomic mass is 16.5. The molecule has 6 heteroatoms. The fourth-order valence-electron chi connectivity index (χ4n) is 2.72. The van der Waals surface area contributed by atoms with Gasteiger partial charge in [0.2, 0.25) is 0 Å². The van der Waals surface area contributed by atoms with E-state index >= 15 is 0 Å². The zero-order chi connectivity index (χ0) is 15.9. The predicted molar refractivity (Wildman–Crippen MR) is 88.1 cm³/mol. The first-order valence-electron chi connectivity index (χ1n) is 8.33. The normalized spacial score (nSPS) is 18.0. The first-order valence-corrected chi connectivity index (χ1v) is 8.33. The van der Waals surface area contributed by atoms with E-state index in [1.165, 1.54) is 6.42 Å². The van der Waals surface area contributed by atoms with Crippen LogP contribution in [0.3, 0.4) is 0 Å². The summed E-state index contributed by atoms with van der Waals surface area (Å²) in [6.45, 7) is 2.17. The number of hydrogen-bond acceptors (Lipinski definition) is 5. The summed E-state index contributed by atoms with van der Waals surface area (Å²) in [5.74, 6) is 0.783. The fraction of sp³-hybridized carbons (Fsp3) is 0.529.